The zero-order valence-electron chi connectivity index (χ0n) is 12.0. The van der Waals surface area contributed by atoms with E-state index in [9.17, 15) is 4.79 Å². The molecule has 1 N–H and O–H groups in total. The zero-order chi connectivity index (χ0) is 16.1. The summed E-state index contributed by atoms with van der Waals surface area (Å²) in [5.41, 5.74) is 1.19. The molecule has 7 heteroatoms. The first-order valence-corrected chi connectivity index (χ1v) is 7.21. The van der Waals surface area contributed by atoms with Gasteiger partial charge in [-0.2, -0.15) is 0 Å². The molecule has 1 aromatic carbocycles. The summed E-state index contributed by atoms with van der Waals surface area (Å²) in [4.78, 5) is 11.8. The number of rotatable bonds is 6. The average Bonchev–Trinajstić information content (AvgIpc) is 3.18. The highest BCUT2D eigenvalue weighted by Crippen LogP contribution is 2.20. The van der Waals surface area contributed by atoms with E-state index in [4.69, 9.17) is 25.3 Å². The number of carbonyl (C=O) groups excluding carboxylic acids is 1. The van der Waals surface area contributed by atoms with E-state index in [0.717, 1.165) is 0 Å². The van der Waals surface area contributed by atoms with Crippen LogP contribution in [0.15, 0.2) is 57.7 Å². The van der Waals surface area contributed by atoms with E-state index in [1.54, 1.807) is 48.7 Å². The van der Waals surface area contributed by atoms with Gasteiger partial charge in [0.15, 0.2) is 5.76 Å². The first-order valence-electron chi connectivity index (χ1n) is 6.83. The lowest BCUT2D eigenvalue weighted by Gasteiger charge is -2.05. The molecule has 0 atom stereocenters. The fraction of sp³-hybridized carbons (Fsp3) is 0.125. The minimum absolute atomic E-state index is 0.102. The minimum Gasteiger partial charge on any atom is -0.461 e. The van der Waals surface area contributed by atoms with Gasteiger partial charge in [-0.3, -0.25) is 4.79 Å². The largest absolute Gasteiger partial charge is 0.461 e. The Hall–Kier alpha value is -2.57. The Bertz CT molecular complexity index is 783. The lowest BCUT2D eigenvalue weighted by atomic mass is 10.3. The quantitative estimate of drug-likeness (QED) is 0.744. The highest BCUT2D eigenvalue weighted by atomic mass is 35.5. The summed E-state index contributed by atoms with van der Waals surface area (Å²) in [7, 11) is 0. The number of anilines is 1. The molecule has 23 heavy (non-hydrogen) atoms. The number of benzene rings is 1. The third-order valence-electron chi connectivity index (χ3n) is 2.91. The number of furan rings is 1. The summed E-state index contributed by atoms with van der Waals surface area (Å²) in [5, 5.41) is 7.10. The van der Waals surface area contributed by atoms with Gasteiger partial charge in [0.2, 0.25) is 11.7 Å². The summed E-state index contributed by atoms with van der Waals surface area (Å²) >= 11 is 5.85. The Kier molecular flexibility index (Phi) is 4.75. The van der Waals surface area contributed by atoms with Gasteiger partial charge in [-0.15, -0.1) is 0 Å². The molecule has 0 fully saturated rings. The molecule has 0 saturated carbocycles. The molecule has 2 heterocycles. The molecule has 2 aromatic heterocycles. The molecule has 0 aliphatic carbocycles. The van der Waals surface area contributed by atoms with Crippen LogP contribution < -0.4 is 5.32 Å². The molecule has 118 valence electrons. The van der Waals surface area contributed by atoms with Gasteiger partial charge < -0.3 is 19.0 Å². The maximum absolute atomic E-state index is 11.8. The maximum Gasteiger partial charge on any atom is 0.250 e. The smallest absolute Gasteiger partial charge is 0.250 e. The predicted molar refractivity (Wildman–Crippen MR) is 83.9 cm³/mol. The van der Waals surface area contributed by atoms with Crippen LogP contribution in [0, 0.1) is 0 Å². The van der Waals surface area contributed by atoms with Gasteiger partial charge in [0, 0.05) is 16.8 Å². The Balaban J connectivity index is 1.47. The Morgan fingerprint density at radius 2 is 2.13 bits per heavy atom. The van der Waals surface area contributed by atoms with Crippen molar-refractivity contribution in [1.29, 1.82) is 0 Å². The standard InChI is InChI=1S/C16H13ClN2O4/c17-11-3-1-4-12(7-11)18-16(20)10-21-9-13-8-15(23-19-13)14-5-2-6-22-14/h1-8H,9-10H2,(H,18,20). The zero-order valence-corrected chi connectivity index (χ0v) is 12.7. The first-order chi connectivity index (χ1) is 11.2. The van der Waals surface area contributed by atoms with Crippen LogP contribution in [0.2, 0.25) is 5.02 Å². The highest BCUT2D eigenvalue weighted by Gasteiger charge is 2.10. The van der Waals surface area contributed by atoms with E-state index >= 15 is 0 Å². The van der Waals surface area contributed by atoms with Crippen molar-refractivity contribution in [3.8, 4) is 11.5 Å². The average molecular weight is 333 g/mol. The number of hydrogen-bond acceptors (Lipinski definition) is 5. The van der Waals surface area contributed by atoms with Gasteiger partial charge in [0.25, 0.3) is 0 Å². The van der Waals surface area contributed by atoms with Gasteiger partial charge >= 0.3 is 0 Å². The molecule has 0 aliphatic heterocycles. The number of nitrogens with one attached hydrogen (secondary N) is 1. The molecule has 3 aromatic rings. The third-order valence-corrected chi connectivity index (χ3v) is 3.15. The normalized spacial score (nSPS) is 10.7. The molecular formula is C16H13ClN2O4. The van der Waals surface area contributed by atoms with E-state index in [0.29, 0.717) is 27.9 Å². The van der Waals surface area contributed by atoms with Crippen LogP contribution in [-0.2, 0) is 16.1 Å². The molecule has 0 aliphatic rings. The van der Waals surface area contributed by atoms with E-state index in [-0.39, 0.29) is 19.1 Å². The Morgan fingerprint density at radius 3 is 2.91 bits per heavy atom. The van der Waals surface area contributed by atoms with E-state index in [1.807, 2.05) is 0 Å². The Labute approximate surface area is 137 Å². The second-order valence-corrected chi connectivity index (χ2v) is 5.15. The van der Waals surface area contributed by atoms with Crippen LogP contribution in [0.25, 0.3) is 11.5 Å². The number of aromatic nitrogens is 1. The second-order valence-electron chi connectivity index (χ2n) is 4.71. The van der Waals surface area contributed by atoms with Gasteiger partial charge in [-0.25, -0.2) is 0 Å². The lowest BCUT2D eigenvalue weighted by molar-refractivity contribution is -0.121. The first kappa shape index (κ1) is 15.3. The number of amides is 1. The Morgan fingerprint density at radius 1 is 1.22 bits per heavy atom. The summed E-state index contributed by atoms with van der Waals surface area (Å²) in [6.45, 7) is 0.0582. The number of nitrogens with zero attached hydrogens (tertiary/aromatic N) is 1. The van der Waals surface area contributed by atoms with Crippen LogP contribution in [-0.4, -0.2) is 17.7 Å². The van der Waals surface area contributed by atoms with Crippen LogP contribution >= 0.6 is 11.6 Å². The van der Waals surface area contributed by atoms with Crippen LogP contribution in [0.1, 0.15) is 5.69 Å². The predicted octanol–water partition coefficient (Wildman–Crippen LogP) is 3.74. The molecule has 6 nitrogen and oxygen atoms in total. The topological polar surface area (TPSA) is 77.5 Å². The summed E-state index contributed by atoms with van der Waals surface area (Å²) in [5.74, 6) is 0.821. The number of halogens is 1. The van der Waals surface area contributed by atoms with Crippen molar-refractivity contribution in [3.05, 3.63) is 59.4 Å². The SMILES string of the molecule is O=C(COCc1cc(-c2ccco2)on1)Nc1cccc(Cl)c1. The van der Waals surface area contributed by atoms with Crippen molar-refractivity contribution < 1.29 is 18.5 Å². The number of ether oxygens (including phenoxy) is 1. The molecule has 0 unspecified atom stereocenters. The number of carbonyl (C=O) groups is 1. The van der Waals surface area contributed by atoms with Gasteiger partial charge in [-0.05, 0) is 30.3 Å². The third kappa shape index (κ3) is 4.21. The number of hydrogen-bond donors (Lipinski definition) is 1. The van der Waals surface area contributed by atoms with Crippen molar-refractivity contribution in [2.24, 2.45) is 0 Å². The van der Waals surface area contributed by atoms with E-state index in [2.05, 4.69) is 10.5 Å². The minimum atomic E-state index is -0.276. The van der Waals surface area contributed by atoms with Gasteiger partial charge in [0.1, 0.15) is 12.3 Å². The fourth-order valence-electron chi connectivity index (χ4n) is 1.93. The molecule has 1 amide bonds. The van der Waals surface area contributed by atoms with Crippen LogP contribution in [0.4, 0.5) is 5.69 Å². The van der Waals surface area contributed by atoms with Gasteiger partial charge in [-0.1, -0.05) is 22.8 Å². The van der Waals surface area contributed by atoms with E-state index in [1.165, 1.54) is 0 Å². The van der Waals surface area contributed by atoms with Crippen molar-refractivity contribution in [2.45, 2.75) is 6.61 Å². The van der Waals surface area contributed by atoms with Crippen molar-refractivity contribution >= 4 is 23.2 Å². The molecule has 0 radical (unpaired) electrons. The second kappa shape index (κ2) is 7.13. The van der Waals surface area contributed by atoms with Crippen molar-refractivity contribution in [3.63, 3.8) is 0 Å². The molecule has 0 saturated heterocycles. The van der Waals surface area contributed by atoms with Crippen LogP contribution in [0.5, 0.6) is 0 Å². The molecular weight excluding hydrogens is 320 g/mol. The van der Waals surface area contributed by atoms with Crippen molar-refractivity contribution in [2.75, 3.05) is 11.9 Å². The lowest BCUT2D eigenvalue weighted by Crippen LogP contribution is -2.18. The van der Waals surface area contributed by atoms with Crippen LogP contribution in [0.3, 0.4) is 0 Å². The van der Waals surface area contributed by atoms with E-state index < -0.39 is 0 Å². The fourth-order valence-corrected chi connectivity index (χ4v) is 2.12. The highest BCUT2D eigenvalue weighted by molar-refractivity contribution is 6.30. The van der Waals surface area contributed by atoms with Crippen molar-refractivity contribution in [1.82, 2.24) is 5.16 Å². The van der Waals surface area contributed by atoms with Gasteiger partial charge in [0.05, 0.1) is 12.9 Å². The molecule has 0 spiro atoms. The summed E-state index contributed by atoms with van der Waals surface area (Å²) < 4.78 is 15.7. The molecule has 0 bridgehead atoms. The maximum atomic E-state index is 11.8. The monoisotopic (exact) mass is 332 g/mol. The molecule has 3 rings (SSSR count). The summed E-state index contributed by atoms with van der Waals surface area (Å²) in [6.07, 6.45) is 1.55. The summed E-state index contributed by atoms with van der Waals surface area (Å²) in [6, 6.07) is 12.1.